The number of nitrogens with two attached hydrogens (primary N) is 1. The molecule has 0 amide bonds. The first kappa shape index (κ1) is 12.3. The summed E-state index contributed by atoms with van der Waals surface area (Å²) in [6.07, 6.45) is 0.544. The van der Waals surface area contributed by atoms with Gasteiger partial charge in [-0.05, 0) is 12.1 Å². The molecule has 0 bridgehead atoms. The van der Waals surface area contributed by atoms with Crippen molar-refractivity contribution in [2.24, 2.45) is 5.73 Å². The van der Waals surface area contributed by atoms with Gasteiger partial charge in [-0.2, -0.15) is 5.26 Å². The van der Waals surface area contributed by atoms with Crippen LogP contribution in [0.4, 0.5) is 5.69 Å². The second-order valence-corrected chi connectivity index (χ2v) is 3.76. The highest BCUT2D eigenvalue weighted by molar-refractivity contribution is 5.49. The average molecular weight is 219 g/mol. The molecule has 16 heavy (non-hydrogen) atoms. The van der Waals surface area contributed by atoms with Gasteiger partial charge in [0.1, 0.15) is 5.75 Å². The van der Waals surface area contributed by atoms with E-state index in [1.807, 2.05) is 49.3 Å². The molecule has 4 heteroatoms. The van der Waals surface area contributed by atoms with Crippen molar-refractivity contribution >= 4 is 5.69 Å². The molecule has 4 nitrogen and oxygen atoms in total. The Hall–Kier alpha value is -1.73. The van der Waals surface area contributed by atoms with Crippen LogP contribution in [0.5, 0.6) is 5.75 Å². The monoisotopic (exact) mass is 219 g/mol. The van der Waals surface area contributed by atoms with E-state index in [2.05, 4.69) is 0 Å². The topological polar surface area (TPSA) is 62.3 Å². The minimum Gasteiger partial charge on any atom is -0.493 e. The molecule has 0 fully saturated rings. The fraction of sp³-hybridized carbons (Fsp3) is 0.417. The number of rotatable bonds is 5. The first-order valence-electron chi connectivity index (χ1n) is 5.19. The van der Waals surface area contributed by atoms with Crippen LogP contribution < -0.4 is 15.4 Å². The van der Waals surface area contributed by atoms with E-state index in [4.69, 9.17) is 15.7 Å². The van der Waals surface area contributed by atoms with Crippen LogP contribution in [0.15, 0.2) is 24.3 Å². The molecule has 0 aromatic heterocycles. The highest BCUT2D eigenvalue weighted by Gasteiger charge is 2.01. The molecule has 1 atom stereocenters. The van der Waals surface area contributed by atoms with E-state index >= 15 is 0 Å². The standard InChI is InChI=1S/C12H17N3O/c1-15(2)11-4-3-5-12(8-11)16-7-6-10(14)9-13/h3-5,8,10H,6-7,14H2,1-2H3. The van der Waals surface area contributed by atoms with E-state index in [1.165, 1.54) is 0 Å². The molecule has 1 aromatic rings. The van der Waals surface area contributed by atoms with E-state index in [0.717, 1.165) is 11.4 Å². The number of nitriles is 1. The fourth-order valence-corrected chi connectivity index (χ4v) is 1.22. The molecule has 86 valence electrons. The lowest BCUT2D eigenvalue weighted by Gasteiger charge is -2.14. The molecular weight excluding hydrogens is 202 g/mol. The van der Waals surface area contributed by atoms with Gasteiger partial charge in [0.15, 0.2) is 0 Å². The van der Waals surface area contributed by atoms with Crippen molar-refractivity contribution < 1.29 is 4.74 Å². The zero-order chi connectivity index (χ0) is 12.0. The summed E-state index contributed by atoms with van der Waals surface area (Å²) in [4.78, 5) is 2.01. The third kappa shape index (κ3) is 3.79. The molecule has 2 N–H and O–H groups in total. The largest absolute Gasteiger partial charge is 0.493 e. The van der Waals surface area contributed by atoms with Crippen LogP contribution in [0.25, 0.3) is 0 Å². The van der Waals surface area contributed by atoms with Gasteiger partial charge in [-0.15, -0.1) is 0 Å². The SMILES string of the molecule is CN(C)c1cccc(OCCC(N)C#N)c1. The Morgan fingerprint density at radius 3 is 2.88 bits per heavy atom. The van der Waals surface area contributed by atoms with E-state index in [9.17, 15) is 0 Å². The minimum absolute atomic E-state index is 0.447. The molecule has 1 rings (SSSR count). The van der Waals surface area contributed by atoms with Gasteiger partial charge in [0, 0.05) is 32.3 Å². The molecule has 0 aliphatic rings. The highest BCUT2D eigenvalue weighted by atomic mass is 16.5. The number of anilines is 1. The predicted octanol–water partition coefficient (Wildman–Crippen LogP) is 1.37. The Kier molecular flexibility index (Phi) is 4.62. The lowest BCUT2D eigenvalue weighted by atomic mass is 10.2. The van der Waals surface area contributed by atoms with Gasteiger partial charge in [0.2, 0.25) is 0 Å². The van der Waals surface area contributed by atoms with Crippen molar-refractivity contribution in [3.05, 3.63) is 24.3 Å². The van der Waals surface area contributed by atoms with Crippen molar-refractivity contribution in [2.75, 3.05) is 25.6 Å². The normalized spacial score (nSPS) is 11.6. The van der Waals surface area contributed by atoms with Crippen LogP contribution in [-0.2, 0) is 0 Å². The first-order valence-corrected chi connectivity index (χ1v) is 5.19. The zero-order valence-corrected chi connectivity index (χ0v) is 9.68. The van der Waals surface area contributed by atoms with Gasteiger partial charge in [-0.3, -0.25) is 0 Å². The Morgan fingerprint density at radius 1 is 1.50 bits per heavy atom. The maximum Gasteiger partial charge on any atom is 0.121 e. The summed E-state index contributed by atoms with van der Waals surface area (Å²) in [5.74, 6) is 0.802. The summed E-state index contributed by atoms with van der Waals surface area (Å²) in [5.41, 5.74) is 6.55. The van der Waals surface area contributed by atoms with Crippen molar-refractivity contribution in [1.82, 2.24) is 0 Å². The molecule has 0 radical (unpaired) electrons. The van der Waals surface area contributed by atoms with Gasteiger partial charge in [0.05, 0.1) is 18.7 Å². The quantitative estimate of drug-likeness (QED) is 0.812. The second-order valence-electron chi connectivity index (χ2n) is 3.76. The maximum absolute atomic E-state index is 8.51. The van der Waals surface area contributed by atoms with Crippen LogP contribution >= 0.6 is 0 Å². The number of hydrogen-bond donors (Lipinski definition) is 1. The van der Waals surface area contributed by atoms with Gasteiger partial charge >= 0.3 is 0 Å². The fourth-order valence-electron chi connectivity index (χ4n) is 1.22. The predicted molar refractivity (Wildman–Crippen MR) is 64.5 cm³/mol. The minimum atomic E-state index is -0.447. The Bertz CT molecular complexity index is 371. The van der Waals surface area contributed by atoms with Crippen LogP contribution in [0.2, 0.25) is 0 Å². The molecular formula is C12H17N3O. The summed E-state index contributed by atoms with van der Waals surface area (Å²) >= 11 is 0. The highest BCUT2D eigenvalue weighted by Crippen LogP contribution is 2.19. The summed E-state index contributed by atoms with van der Waals surface area (Å²) in [6, 6.07) is 9.32. The summed E-state index contributed by atoms with van der Waals surface area (Å²) < 4.78 is 5.51. The first-order chi connectivity index (χ1) is 7.63. The van der Waals surface area contributed by atoms with E-state index in [1.54, 1.807) is 0 Å². The Morgan fingerprint density at radius 2 is 2.25 bits per heavy atom. The maximum atomic E-state index is 8.51. The molecule has 0 saturated carbocycles. The molecule has 1 unspecified atom stereocenters. The van der Waals surface area contributed by atoms with Gasteiger partial charge in [-0.25, -0.2) is 0 Å². The smallest absolute Gasteiger partial charge is 0.121 e. The molecule has 0 aliphatic heterocycles. The average Bonchev–Trinajstić information content (AvgIpc) is 2.29. The van der Waals surface area contributed by atoms with Crippen molar-refractivity contribution in [2.45, 2.75) is 12.5 Å². The van der Waals surface area contributed by atoms with Crippen molar-refractivity contribution in [1.29, 1.82) is 5.26 Å². The molecule has 0 saturated heterocycles. The van der Waals surface area contributed by atoms with Gasteiger partial charge in [-0.1, -0.05) is 6.07 Å². The summed E-state index contributed by atoms with van der Waals surface area (Å²) in [7, 11) is 3.95. The van der Waals surface area contributed by atoms with Crippen LogP contribution in [0.3, 0.4) is 0 Å². The van der Waals surface area contributed by atoms with Gasteiger partial charge < -0.3 is 15.4 Å². The lowest BCUT2D eigenvalue weighted by Crippen LogP contribution is -2.20. The summed E-state index contributed by atoms with van der Waals surface area (Å²) in [5, 5.41) is 8.51. The summed E-state index contributed by atoms with van der Waals surface area (Å²) in [6.45, 7) is 0.464. The third-order valence-corrected chi connectivity index (χ3v) is 2.20. The van der Waals surface area contributed by atoms with Gasteiger partial charge in [0.25, 0.3) is 0 Å². The second kappa shape index (κ2) is 5.99. The van der Waals surface area contributed by atoms with Crippen LogP contribution in [-0.4, -0.2) is 26.7 Å². The number of nitrogens with zero attached hydrogens (tertiary/aromatic N) is 2. The van der Waals surface area contributed by atoms with Crippen molar-refractivity contribution in [3.8, 4) is 11.8 Å². The van der Waals surface area contributed by atoms with Crippen molar-refractivity contribution in [3.63, 3.8) is 0 Å². The van der Waals surface area contributed by atoms with Crippen LogP contribution in [0, 0.1) is 11.3 Å². The van der Waals surface area contributed by atoms with E-state index in [0.29, 0.717) is 13.0 Å². The number of hydrogen-bond acceptors (Lipinski definition) is 4. The van der Waals surface area contributed by atoms with E-state index in [-0.39, 0.29) is 0 Å². The van der Waals surface area contributed by atoms with Crippen LogP contribution in [0.1, 0.15) is 6.42 Å². The Balaban J connectivity index is 2.48. The number of ether oxygens (including phenoxy) is 1. The Labute approximate surface area is 96.2 Å². The third-order valence-electron chi connectivity index (χ3n) is 2.20. The van der Waals surface area contributed by atoms with E-state index < -0.39 is 6.04 Å². The molecule has 0 aliphatic carbocycles. The molecule has 1 aromatic carbocycles. The zero-order valence-electron chi connectivity index (χ0n) is 9.68. The number of benzene rings is 1. The molecule has 0 spiro atoms. The lowest BCUT2D eigenvalue weighted by molar-refractivity contribution is 0.306. The molecule has 0 heterocycles.